The van der Waals surface area contributed by atoms with E-state index in [0.717, 1.165) is 5.56 Å². The Bertz CT molecular complexity index is 1500. The molecule has 5 rings (SSSR count). The Kier molecular flexibility index (Phi) is 5.70. The number of methoxy groups -OCH3 is 1. The number of benzene rings is 2. The SMILES string of the molecule is CCOC(=O)C1=C(C)N=c2s/c(=C\c3ccc4c(c3)OCO4)c(=O)n2C1c1ccccc1OC. The van der Waals surface area contributed by atoms with Crippen molar-refractivity contribution in [2.75, 3.05) is 20.5 Å². The third kappa shape index (κ3) is 3.67. The van der Waals surface area contributed by atoms with Crippen molar-refractivity contribution < 1.29 is 23.7 Å². The molecule has 0 saturated heterocycles. The Labute approximate surface area is 199 Å². The molecule has 2 aliphatic heterocycles. The average molecular weight is 479 g/mol. The Morgan fingerprint density at radius 2 is 2.03 bits per heavy atom. The maximum Gasteiger partial charge on any atom is 0.338 e. The summed E-state index contributed by atoms with van der Waals surface area (Å²) in [4.78, 5) is 31.8. The standard InChI is InChI=1S/C25H22N2O6S/c1-4-31-24(29)21-14(2)26-25-27(22(21)16-7-5-6-8-17(16)30-3)23(28)20(34-25)12-15-9-10-18-19(11-15)33-13-32-18/h5-12,22H,4,13H2,1-3H3/b20-12-. The number of ether oxygens (including phenoxy) is 4. The molecule has 9 heteroatoms. The first-order chi connectivity index (χ1) is 16.5. The minimum Gasteiger partial charge on any atom is -0.496 e. The molecule has 3 heterocycles. The van der Waals surface area contributed by atoms with Crippen LogP contribution in [0.4, 0.5) is 0 Å². The van der Waals surface area contributed by atoms with Gasteiger partial charge in [0, 0.05) is 5.56 Å². The fourth-order valence-electron chi connectivity index (χ4n) is 4.13. The number of para-hydroxylation sites is 1. The molecule has 0 fully saturated rings. The van der Waals surface area contributed by atoms with E-state index >= 15 is 0 Å². The number of fused-ring (bicyclic) bond motifs is 2. The Morgan fingerprint density at radius 1 is 1.24 bits per heavy atom. The second-order valence-electron chi connectivity index (χ2n) is 7.66. The van der Waals surface area contributed by atoms with Crippen LogP contribution in [0, 0.1) is 0 Å². The van der Waals surface area contributed by atoms with Gasteiger partial charge in [0.05, 0.1) is 29.5 Å². The van der Waals surface area contributed by atoms with Gasteiger partial charge in [0.15, 0.2) is 16.3 Å². The Balaban J connectivity index is 1.72. The van der Waals surface area contributed by atoms with E-state index in [1.165, 1.54) is 11.3 Å². The maximum atomic E-state index is 13.7. The summed E-state index contributed by atoms with van der Waals surface area (Å²) in [5, 5.41) is 0. The van der Waals surface area contributed by atoms with Gasteiger partial charge in [0.2, 0.25) is 6.79 Å². The zero-order valence-corrected chi connectivity index (χ0v) is 19.7. The zero-order valence-electron chi connectivity index (χ0n) is 18.9. The fraction of sp³-hybridized carbons (Fsp3) is 0.240. The predicted octanol–water partition coefficient (Wildman–Crippen LogP) is 2.54. The summed E-state index contributed by atoms with van der Waals surface area (Å²) < 4.78 is 23.8. The van der Waals surface area contributed by atoms with E-state index < -0.39 is 12.0 Å². The first-order valence-electron chi connectivity index (χ1n) is 10.7. The number of nitrogens with zero attached hydrogens (tertiary/aromatic N) is 2. The largest absolute Gasteiger partial charge is 0.496 e. The summed E-state index contributed by atoms with van der Waals surface area (Å²) in [6, 6.07) is 12.1. The lowest BCUT2D eigenvalue weighted by Gasteiger charge is -2.25. The normalized spacial score (nSPS) is 16.8. The highest BCUT2D eigenvalue weighted by atomic mass is 32.1. The van der Waals surface area contributed by atoms with Crippen LogP contribution >= 0.6 is 11.3 Å². The average Bonchev–Trinajstić information content (AvgIpc) is 3.42. The molecule has 0 aliphatic carbocycles. The van der Waals surface area contributed by atoms with Crippen molar-refractivity contribution in [1.82, 2.24) is 4.57 Å². The lowest BCUT2D eigenvalue weighted by Crippen LogP contribution is -2.40. The lowest BCUT2D eigenvalue weighted by molar-refractivity contribution is -0.139. The van der Waals surface area contributed by atoms with Gasteiger partial charge in [-0.2, -0.15) is 0 Å². The number of esters is 1. The maximum absolute atomic E-state index is 13.7. The second kappa shape index (κ2) is 8.83. The van der Waals surface area contributed by atoms with Crippen LogP contribution in [0.3, 0.4) is 0 Å². The molecule has 8 nitrogen and oxygen atoms in total. The van der Waals surface area contributed by atoms with E-state index in [0.29, 0.717) is 43.4 Å². The van der Waals surface area contributed by atoms with E-state index in [-0.39, 0.29) is 19.0 Å². The van der Waals surface area contributed by atoms with Gasteiger partial charge in [-0.3, -0.25) is 9.36 Å². The van der Waals surface area contributed by atoms with Crippen molar-refractivity contribution in [3.63, 3.8) is 0 Å². The molecule has 0 saturated carbocycles. The van der Waals surface area contributed by atoms with Gasteiger partial charge < -0.3 is 18.9 Å². The first kappa shape index (κ1) is 22.0. The summed E-state index contributed by atoms with van der Waals surface area (Å²) >= 11 is 1.26. The molecular weight excluding hydrogens is 456 g/mol. The van der Waals surface area contributed by atoms with Gasteiger partial charge in [0.25, 0.3) is 5.56 Å². The second-order valence-corrected chi connectivity index (χ2v) is 8.67. The minimum absolute atomic E-state index is 0.176. The van der Waals surface area contributed by atoms with Gasteiger partial charge >= 0.3 is 5.97 Å². The number of allylic oxidation sites excluding steroid dienone is 1. The van der Waals surface area contributed by atoms with E-state index in [1.54, 1.807) is 37.7 Å². The van der Waals surface area contributed by atoms with Gasteiger partial charge in [0.1, 0.15) is 11.8 Å². The molecule has 174 valence electrons. The van der Waals surface area contributed by atoms with Gasteiger partial charge in [-0.05, 0) is 43.7 Å². The molecule has 0 bridgehead atoms. The number of aromatic nitrogens is 1. The zero-order chi connectivity index (χ0) is 23.8. The summed E-state index contributed by atoms with van der Waals surface area (Å²) in [5.41, 5.74) is 2.04. The molecular formula is C25H22N2O6S. The molecule has 3 aromatic rings. The summed E-state index contributed by atoms with van der Waals surface area (Å²) in [6.45, 7) is 3.88. The fourth-order valence-corrected chi connectivity index (χ4v) is 5.18. The van der Waals surface area contributed by atoms with Crippen molar-refractivity contribution in [2.45, 2.75) is 19.9 Å². The van der Waals surface area contributed by atoms with Gasteiger partial charge in [-0.15, -0.1) is 0 Å². The number of thiazole rings is 1. The molecule has 34 heavy (non-hydrogen) atoms. The first-order valence-corrected chi connectivity index (χ1v) is 11.6. The summed E-state index contributed by atoms with van der Waals surface area (Å²) in [6.07, 6.45) is 1.79. The summed E-state index contributed by atoms with van der Waals surface area (Å²) in [7, 11) is 1.56. The van der Waals surface area contributed by atoms with Crippen molar-refractivity contribution in [3.05, 3.63) is 84.5 Å². The van der Waals surface area contributed by atoms with E-state index in [2.05, 4.69) is 4.99 Å². The number of hydrogen-bond donors (Lipinski definition) is 0. The van der Waals surface area contributed by atoms with Gasteiger partial charge in [-0.25, -0.2) is 9.79 Å². The van der Waals surface area contributed by atoms with Crippen molar-refractivity contribution in [3.8, 4) is 17.2 Å². The molecule has 1 unspecified atom stereocenters. The quantitative estimate of drug-likeness (QED) is 0.524. The predicted molar refractivity (Wildman–Crippen MR) is 126 cm³/mol. The van der Waals surface area contributed by atoms with Crippen LogP contribution in [-0.2, 0) is 9.53 Å². The van der Waals surface area contributed by atoms with E-state index in [4.69, 9.17) is 18.9 Å². The van der Waals surface area contributed by atoms with Crippen LogP contribution in [0.15, 0.2) is 63.5 Å². The smallest absolute Gasteiger partial charge is 0.338 e. The van der Waals surface area contributed by atoms with Crippen molar-refractivity contribution >= 4 is 23.4 Å². The van der Waals surface area contributed by atoms with E-state index in [1.807, 2.05) is 36.4 Å². The molecule has 0 N–H and O–H groups in total. The summed E-state index contributed by atoms with van der Waals surface area (Å²) in [5.74, 6) is 1.36. The Hall–Kier alpha value is -3.85. The van der Waals surface area contributed by atoms with Crippen LogP contribution in [0.25, 0.3) is 6.08 Å². The van der Waals surface area contributed by atoms with Crippen LogP contribution in [-0.4, -0.2) is 31.0 Å². The number of rotatable bonds is 5. The third-order valence-corrected chi connectivity index (χ3v) is 6.63. The number of carbonyl (C=O) groups excluding carboxylic acids is 1. The van der Waals surface area contributed by atoms with Crippen molar-refractivity contribution in [1.29, 1.82) is 0 Å². The van der Waals surface area contributed by atoms with Crippen LogP contribution in [0.1, 0.15) is 31.0 Å². The molecule has 1 aromatic heterocycles. The topological polar surface area (TPSA) is 88.4 Å². The molecule has 2 aliphatic rings. The molecule has 0 amide bonds. The third-order valence-electron chi connectivity index (χ3n) is 5.64. The minimum atomic E-state index is -0.731. The molecule has 0 radical (unpaired) electrons. The van der Waals surface area contributed by atoms with Crippen LogP contribution in [0.5, 0.6) is 17.2 Å². The lowest BCUT2D eigenvalue weighted by atomic mass is 9.95. The highest BCUT2D eigenvalue weighted by Gasteiger charge is 2.34. The van der Waals surface area contributed by atoms with Crippen molar-refractivity contribution in [2.24, 2.45) is 4.99 Å². The number of carbonyl (C=O) groups is 1. The highest BCUT2D eigenvalue weighted by Crippen LogP contribution is 2.36. The molecule has 0 spiro atoms. The molecule has 2 aromatic carbocycles. The van der Waals surface area contributed by atoms with Gasteiger partial charge in [-0.1, -0.05) is 35.6 Å². The molecule has 1 atom stereocenters. The Morgan fingerprint density at radius 3 is 2.82 bits per heavy atom. The number of hydrogen-bond acceptors (Lipinski definition) is 8. The van der Waals surface area contributed by atoms with E-state index in [9.17, 15) is 9.59 Å². The van der Waals surface area contributed by atoms with Crippen LogP contribution < -0.4 is 29.1 Å². The van der Waals surface area contributed by atoms with Crippen LogP contribution in [0.2, 0.25) is 0 Å². The monoisotopic (exact) mass is 478 g/mol. The highest BCUT2D eigenvalue weighted by molar-refractivity contribution is 7.07.